The standard InChI is InChI=1S/C19H19FN2O4/c20-14-9-11-16(12-10-14)22-18(24)13-26-19(25)8-4-7-17(23)21-15-5-2-1-3-6-15/h1-3,5-6,9-12H,4,7-8,13H2,(H,21,23)(H,22,24). The number of para-hydroxylation sites is 1. The highest BCUT2D eigenvalue weighted by molar-refractivity contribution is 5.93. The number of anilines is 2. The molecular formula is C19H19FN2O4. The zero-order chi connectivity index (χ0) is 18.8. The van der Waals surface area contributed by atoms with E-state index in [-0.39, 0.29) is 18.7 Å². The number of esters is 1. The first-order chi connectivity index (χ1) is 12.5. The molecule has 0 aliphatic carbocycles. The minimum absolute atomic E-state index is 0.0338. The fraction of sp³-hybridized carbons (Fsp3) is 0.211. The number of carbonyl (C=O) groups excluding carboxylic acids is 3. The average molecular weight is 358 g/mol. The van der Waals surface area contributed by atoms with E-state index >= 15 is 0 Å². The van der Waals surface area contributed by atoms with Crippen molar-refractivity contribution in [3.05, 3.63) is 60.4 Å². The van der Waals surface area contributed by atoms with Gasteiger partial charge in [0.25, 0.3) is 5.91 Å². The van der Waals surface area contributed by atoms with E-state index in [0.717, 1.165) is 0 Å². The summed E-state index contributed by atoms with van der Waals surface area (Å²) in [6, 6.07) is 14.2. The highest BCUT2D eigenvalue weighted by Gasteiger charge is 2.09. The van der Waals surface area contributed by atoms with Crippen molar-refractivity contribution in [2.24, 2.45) is 0 Å². The van der Waals surface area contributed by atoms with Crippen molar-refractivity contribution < 1.29 is 23.5 Å². The molecule has 2 aromatic rings. The Labute approximate surface area is 150 Å². The van der Waals surface area contributed by atoms with Gasteiger partial charge in [-0.15, -0.1) is 0 Å². The highest BCUT2D eigenvalue weighted by Crippen LogP contribution is 2.09. The Hall–Kier alpha value is -3.22. The van der Waals surface area contributed by atoms with Gasteiger partial charge in [0.2, 0.25) is 5.91 Å². The van der Waals surface area contributed by atoms with Crippen LogP contribution in [0.2, 0.25) is 0 Å². The molecule has 2 rings (SSSR count). The lowest BCUT2D eigenvalue weighted by Crippen LogP contribution is -2.21. The van der Waals surface area contributed by atoms with Crippen molar-refractivity contribution in [1.29, 1.82) is 0 Å². The van der Waals surface area contributed by atoms with Crippen LogP contribution in [0, 0.1) is 5.82 Å². The van der Waals surface area contributed by atoms with Crippen molar-refractivity contribution in [1.82, 2.24) is 0 Å². The van der Waals surface area contributed by atoms with Gasteiger partial charge in [-0.2, -0.15) is 0 Å². The van der Waals surface area contributed by atoms with Crippen LogP contribution in [0.15, 0.2) is 54.6 Å². The molecule has 0 bridgehead atoms. The number of halogens is 1. The molecule has 2 N–H and O–H groups in total. The van der Waals surface area contributed by atoms with Gasteiger partial charge in [-0.25, -0.2) is 4.39 Å². The van der Waals surface area contributed by atoms with E-state index in [4.69, 9.17) is 4.74 Å². The van der Waals surface area contributed by atoms with Gasteiger partial charge in [0.1, 0.15) is 5.82 Å². The van der Waals surface area contributed by atoms with Crippen LogP contribution in [0.25, 0.3) is 0 Å². The highest BCUT2D eigenvalue weighted by atomic mass is 19.1. The van der Waals surface area contributed by atoms with Crippen molar-refractivity contribution in [2.75, 3.05) is 17.2 Å². The van der Waals surface area contributed by atoms with Crippen LogP contribution in [0.4, 0.5) is 15.8 Å². The lowest BCUT2D eigenvalue weighted by atomic mass is 10.2. The number of ether oxygens (including phenoxy) is 1. The Morgan fingerprint density at radius 2 is 1.42 bits per heavy atom. The Kier molecular flexibility index (Phi) is 7.30. The predicted octanol–water partition coefficient (Wildman–Crippen LogP) is 3.12. The summed E-state index contributed by atoms with van der Waals surface area (Å²) >= 11 is 0. The second-order valence-electron chi connectivity index (χ2n) is 5.48. The van der Waals surface area contributed by atoms with Gasteiger partial charge in [-0.1, -0.05) is 18.2 Å². The van der Waals surface area contributed by atoms with E-state index in [1.165, 1.54) is 24.3 Å². The van der Waals surface area contributed by atoms with Crippen molar-refractivity contribution in [3.63, 3.8) is 0 Å². The molecule has 0 radical (unpaired) electrons. The van der Waals surface area contributed by atoms with Gasteiger partial charge >= 0.3 is 5.97 Å². The van der Waals surface area contributed by atoms with Crippen LogP contribution in [-0.2, 0) is 19.1 Å². The molecule has 0 spiro atoms. The fourth-order valence-corrected chi connectivity index (χ4v) is 2.09. The maximum atomic E-state index is 12.8. The van der Waals surface area contributed by atoms with Gasteiger partial charge < -0.3 is 15.4 Å². The summed E-state index contributed by atoms with van der Waals surface area (Å²) in [5.74, 6) is -1.69. The second-order valence-corrected chi connectivity index (χ2v) is 5.48. The molecule has 2 aromatic carbocycles. The smallest absolute Gasteiger partial charge is 0.306 e. The topological polar surface area (TPSA) is 84.5 Å². The summed E-state index contributed by atoms with van der Waals surface area (Å²) in [5.41, 5.74) is 1.10. The molecular weight excluding hydrogens is 339 g/mol. The van der Waals surface area contributed by atoms with Crippen LogP contribution in [0.5, 0.6) is 0 Å². The van der Waals surface area contributed by atoms with Gasteiger partial charge in [0, 0.05) is 24.2 Å². The lowest BCUT2D eigenvalue weighted by molar-refractivity contribution is -0.147. The summed E-state index contributed by atoms with van der Waals surface area (Å²) < 4.78 is 17.6. The molecule has 0 atom stereocenters. The third-order valence-corrected chi connectivity index (χ3v) is 3.33. The monoisotopic (exact) mass is 358 g/mol. The Morgan fingerprint density at radius 3 is 2.12 bits per heavy atom. The molecule has 0 saturated carbocycles. The van der Waals surface area contributed by atoms with Gasteiger partial charge in [0.15, 0.2) is 6.61 Å². The molecule has 6 nitrogen and oxygen atoms in total. The third kappa shape index (κ3) is 7.12. The molecule has 0 aliphatic rings. The summed E-state index contributed by atoms with van der Waals surface area (Å²) in [7, 11) is 0. The molecule has 0 aliphatic heterocycles. The first kappa shape index (κ1) is 19.1. The summed E-state index contributed by atoms with van der Waals surface area (Å²) in [5, 5.41) is 5.19. The van der Waals surface area contributed by atoms with E-state index in [2.05, 4.69) is 10.6 Å². The SMILES string of the molecule is O=C(CCCC(=O)OCC(=O)Nc1ccc(F)cc1)Nc1ccccc1. The van der Waals surface area contributed by atoms with E-state index in [1.54, 1.807) is 12.1 Å². The molecule has 0 unspecified atom stereocenters. The largest absolute Gasteiger partial charge is 0.456 e. The average Bonchev–Trinajstić information content (AvgIpc) is 2.63. The molecule has 0 aromatic heterocycles. The van der Waals surface area contributed by atoms with Crippen molar-refractivity contribution in [3.8, 4) is 0 Å². The molecule has 26 heavy (non-hydrogen) atoms. The van der Waals surface area contributed by atoms with Crippen LogP contribution in [-0.4, -0.2) is 24.4 Å². The molecule has 136 valence electrons. The van der Waals surface area contributed by atoms with Crippen molar-refractivity contribution >= 4 is 29.2 Å². The predicted molar refractivity (Wildman–Crippen MR) is 94.9 cm³/mol. The molecule has 0 saturated heterocycles. The van der Waals surface area contributed by atoms with Gasteiger partial charge in [-0.3, -0.25) is 14.4 Å². The number of amides is 2. The van der Waals surface area contributed by atoms with Gasteiger partial charge in [0.05, 0.1) is 0 Å². The normalized spacial score (nSPS) is 10.0. The fourth-order valence-electron chi connectivity index (χ4n) is 2.09. The number of carbonyl (C=O) groups is 3. The minimum atomic E-state index is -0.563. The van der Waals surface area contributed by atoms with Crippen molar-refractivity contribution in [2.45, 2.75) is 19.3 Å². The molecule has 0 heterocycles. The quantitative estimate of drug-likeness (QED) is 0.710. The van der Waals surface area contributed by atoms with Crippen LogP contribution in [0.3, 0.4) is 0 Å². The number of rotatable bonds is 8. The van der Waals surface area contributed by atoms with Crippen LogP contribution >= 0.6 is 0 Å². The maximum Gasteiger partial charge on any atom is 0.306 e. The Balaban J connectivity index is 1.60. The summed E-state index contributed by atoms with van der Waals surface area (Å²) in [4.78, 5) is 35.0. The van der Waals surface area contributed by atoms with E-state index in [0.29, 0.717) is 17.8 Å². The minimum Gasteiger partial charge on any atom is -0.456 e. The van der Waals surface area contributed by atoms with E-state index < -0.39 is 24.3 Å². The zero-order valence-corrected chi connectivity index (χ0v) is 14.0. The number of hydrogen-bond donors (Lipinski definition) is 2. The van der Waals surface area contributed by atoms with Gasteiger partial charge in [-0.05, 0) is 42.8 Å². The Morgan fingerprint density at radius 1 is 0.808 bits per heavy atom. The lowest BCUT2D eigenvalue weighted by Gasteiger charge is -2.07. The number of benzene rings is 2. The Bertz CT molecular complexity index is 748. The zero-order valence-electron chi connectivity index (χ0n) is 14.0. The third-order valence-electron chi connectivity index (χ3n) is 3.33. The summed E-state index contributed by atoms with van der Waals surface area (Å²) in [6.07, 6.45) is 0.523. The first-order valence-electron chi connectivity index (χ1n) is 8.09. The van der Waals surface area contributed by atoms with E-state index in [1.807, 2.05) is 18.2 Å². The summed E-state index contributed by atoms with van der Waals surface area (Å²) in [6.45, 7) is -0.438. The molecule has 2 amide bonds. The maximum absolute atomic E-state index is 12.8. The molecule has 0 fully saturated rings. The number of nitrogens with one attached hydrogen (secondary N) is 2. The van der Waals surface area contributed by atoms with Crippen LogP contribution in [0.1, 0.15) is 19.3 Å². The second kappa shape index (κ2) is 9.93. The van der Waals surface area contributed by atoms with Crippen LogP contribution < -0.4 is 10.6 Å². The first-order valence-corrected chi connectivity index (χ1v) is 8.09. The molecule has 7 heteroatoms. The van der Waals surface area contributed by atoms with E-state index in [9.17, 15) is 18.8 Å². The number of hydrogen-bond acceptors (Lipinski definition) is 4.